The van der Waals surface area contributed by atoms with Gasteiger partial charge in [-0.25, -0.2) is 0 Å². The SMILES string of the molecule is Cc1cccc(Oc2cc(Cl)ccc2C2CC(=O)N(c3cccc(C(N)=O)c3)C2)c1. The number of hydrogen-bond acceptors (Lipinski definition) is 3. The Kier molecular flexibility index (Phi) is 5.46. The zero-order valence-electron chi connectivity index (χ0n) is 16.5. The van der Waals surface area contributed by atoms with Crippen molar-refractivity contribution in [1.82, 2.24) is 0 Å². The van der Waals surface area contributed by atoms with Crippen molar-refractivity contribution in [2.75, 3.05) is 11.4 Å². The summed E-state index contributed by atoms with van der Waals surface area (Å²) in [6, 6.07) is 20.1. The molecular formula is C24H21ClN2O3. The molecule has 1 atom stereocenters. The minimum absolute atomic E-state index is 0.0157. The monoisotopic (exact) mass is 420 g/mol. The molecule has 0 aliphatic carbocycles. The third kappa shape index (κ3) is 4.16. The molecule has 2 amide bonds. The average Bonchev–Trinajstić information content (AvgIpc) is 3.09. The zero-order chi connectivity index (χ0) is 21.3. The molecule has 6 heteroatoms. The van der Waals surface area contributed by atoms with Gasteiger partial charge in [0.15, 0.2) is 0 Å². The molecule has 3 aromatic carbocycles. The Bertz CT molecular complexity index is 1130. The van der Waals surface area contributed by atoms with E-state index in [-0.39, 0.29) is 11.8 Å². The van der Waals surface area contributed by atoms with Crippen LogP contribution >= 0.6 is 11.6 Å². The molecule has 1 fully saturated rings. The van der Waals surface area contributed by atoms with E-state index in [9.17, 15) is 9.59 Å². The van der Waals surface area contributed by atoms with E-state index >= 15 is 0 Å². The van der Waals surface area contributed by atoms with Crippen molar-refractivity contribution in [3.8, 4) is 11.5 Å². The van der Waals surface area contributed by atoms with E-state index in [4.69, 9.17) is 22.1 Å². The molecule has 5 nitrogen and oxygen atoms in total. The minimum Gasteiger partial charge on any atom is -0.457 e. The second-order valence-electron chi connectivity index (χ2n) is 7.42. The number of nitrogens with two attached hydrogens (primary N) is 1. The van der Waals surface area contributed by atoms with Crippen LogP contribution in [0.2, 0.25) is 5.02 Å². The molecule has 0 bridgehead atoms. The summed E-state index contributed by atoms with van der Waals surface area (Å²) in [4.78, 5) is 25.9. The van der Waals surface area contributed by atoms with Crippen LogP contribution in [0.3, 0.4) is 0 Å². The predicted octanol–water partition coefficient (Wildman–Crippen LogP) is 5.06. The Morgan fingerprint density at radius 2 is 1.90 bits per heavy atom. The van der Waals surface area contributed by atoms with Crippen molar-refractivity contribution in [3.63, 3.8) is 0 Å². The highest BCUT2D eigenvalue weighted by molar-refractivity contribution is 6.30. The fourth-order valence-electron chi connectivity index (χ4n) is 3.73. The molecule has 152 valence electrons. The number of halogens is 1. The first kappa shape index (κ1) is 20.0. The summed E-state index contributed by atoms with van der Waals surface area (Å²) in [6.45, 7) is 2.48. The van der Waals surface area contributed by atoms with Gasteiger partial charge >= 0.3 is 0 Å². The fourth-order valence-corrected chi connectivity index (χ4v) is 3.89. The van der Waals surface area contributed by atoms with Gasteiger partial charge in [0.25, 0.3) is 0 Å². The van der Waals surface area contributed by atoms with Gasteiger partial charge in [0.2, 0.25) is 11.8 Å². The van der Waals surface area contributed by atoms with Gasteiger partial charge in [0, 0.05) is 40.7 Å². The first-order valence-electron chi connectivity index (χ1n) is 9.65. The van der Waals surface area contributed by atoms with Gasteiger partial charge in [0.1, 0.15) is 11.5 Å². The predicted molar refractivity (Wildman–Crippen MR) is 117 cm³/mol. The molecule has 4 rings (SSSR count). The lowest BCUT2D eigenvalue weighted by atomic mass is 9.97. The maximum Gasteiger partial charge on any atom is 0.248 e. The Balaban J connectivity index is 1.63. The van der Waals surface area contributed by atoms with Gasteiger partial charge < -0.3 is 15.4 Å². The first-order valence-corrected chi connectivity index (χ1v) is 10.0. The normalized spacial score (nSPS) is 16.0. The van der Waals surface area contributed by atoms with E-state index in [0.29, 0.717) is 40.7 Å². The number of ether oxygens (including phenoxy) is 1. The van der Waals surface area contributed by atoms with Crippen LogP contribution in [0.5, 0.6) is 11.5 Å². The standard InChI is InChI=1S/C24H21ClN2O3/c1-15-4-2-7-20(10-15)30-22-13-18(25)8-9-21(22)17-12-23(28)27(14-17)19-6-3-5-16(11-19)24(26)29/h2-11,13,17H,12,14H2,1H3,(H2,26,29). The van der Waals surface area contributed by atoms with Gasteiger partial charge in [-0.05, 0) is 55.0 Å². The summed E-state index contributed by atoms with van der Waals surface area (Å²) in [5.41, 5.74) is 8.43. The lowest BCUT2D eigenvalue weighted by Gasteiger charge is -2.19. The van der Waals surface area contributed by atoms with Crippen molar-refractivity contribution in [3.05, 3.63) is 88.4 Å². The summed E-state index contributed by atoms with van der Waals surface area (Å²) in [5, 5.41) is 0.566. The van der Waals surface area contributed by atoms with Crippen LogP contribution in [0.15, 0.2) is 66.7 Å². The van der Waals surface area contributed by atoms with Crippen molar-refractivity contribution >= 4 is 29.1 Å². The topological polar surface area (TPSA) is 72.6 Å². The van der Waals surface area contributed by atoms with Gasteiger partial charge in [-0.3, -0.25) is 9.59 Å². The van der Waals surface area contributed by atoms with Crippen LogP contribution in [-0.4, -0.2) is 18.4 Å². The summed E-state index contributed by atoms with van der Waals surface area (Å²) >= 11 is 6.22. The molecule has 0 radical (unpaired) electrons. The number of benzene rings is 3. The molecule has 0 aromatic heterocycles. The Morgan fingerprint density at radius 1 is 1.10 bits per heavy atom. The number of carbonyl (C=O) groups excluding carboxylic acids is 2. The number of anilines is 1. The maximum absolute atomic E-state index is 12.8. The molecule has 30 heavy (non-hydrogen) atoms. The lowest BCUT2D eigenvalue weighted by Crippen LogP contribution is -2.24. The summed E-state index contributed by atoms with van der Waals surface area (Å²) in [6.07, 6.45) is 0.340. The minimum atomic E-state index is -0.522. The smallest absolute Gasteiger partial charge is 0.248 e. The van der Waals surface area contributed by atoms with E-state index in [1.165, 1.54) is 0 Å². The van der Waals surface area contributed by atoms with Crippen molar-refractivity contribution in [2.24, 2.45) is 5.73 Å². The van der Waals surface area contributed by atoms with Crippen molar-refractivity contribution in [2.45, 2.75) is 19.3 Å². The largest absolute Gasteiger partial charge is 0.457 e. The number of hydrogen-bond donors (Lipinski definition) is 1. The number of aryl methyl sites for hydroxylation is 1. The first-order chi connectivity index (χ1) is 14.4. The van der Waals surface area contributed by atoms with Gasteiger partial charge in [-0.2, -0.15) is 0 Å². The second kappa shape index (κ2) is 8.20. The highest BCUT2D eigenvalue weighted by Crippen LogP contribution is 2.39. The van der Waals surface area contributed by atoms with Crippen LogP contribution in [0.25, 0.3) is 0 Å². The van der Waals surface area contributed by atoms with Crippen molar-refractivity contribution in [1.29, 1.82) is 0 Å². The summed E-state index contributed by atoms with van der Waals surface area (Å²) in [7, 11) is 0. The van der Waals surface area contributed by atoms with E-state index in [1.54, 1.807) is 41.3 Å². The molecule has 1 aliphatic rings. The van der Waals surface area contributed by atoms with E-state index in [2.05, 4.69) is 0 Å². The molecule has 0 spiro atoms. The molecule has 2 N–H and O–H groups in total. The maximum atomic E-state index is 12.8. The number of primary amides is 1. The fraction of sp³-hybridized carbons (Fsp3) is 0.167. The van der Waals surface area contributed by atoms with E-state index < -0.39 is 5.91 Å². The van der Waals surface area contributed by atoms with Crippen LogP contribution in [0, 0.1) is 6.92 Å². The van der Waals surface area contributed by atoms with Gasteiger partial charge in [0.05, 0.1) is 0 Å². The molecule has 0 saturated carbocycles. The Hall–Kier alpha value is -3.31. The molecule has 1 aliphatic heterocycles. The van der Waals surface area contributed by atoms with Gasteiger partial charge in [-0.1, -0.05) is 35.9 Å². The third-order valence-electron chi connectivity index (χ3n) is 5.20. The molecule has 3 aromatic rings. The Morgan fingerprint density at radius 3 is 2.67 bits per heavy atom. The molecular weight excluding hydrogens is 400 g/mol. The van der Waals surface area contributed by atoms with Gasteiger partial charge in [-0.15, -0.1) is 0 Å². The van der Waals surface area contributed by atoms with Crippen LogP contribution < -0.4 is 15.4 Å². The summed E-state index contributed by atoms with van der Waals surface area (Å²) < 4.78 is 6.13. The third-order valence-corrected chi connectivity index (χ3v) is 5.44. The average molecular weight is 421 g/mol. The van der Waals surface area contributed by atoms with Crippen molar-refractivity contribution < 1.29 is 14.3 Å². The zero-order valence-corrected chi connectivity index (χ0v) is 17.2. The summed E-state index contributed by atoms with van der Waals surface area (Å²) in [5.74, 6) is 0.754. The number of rotatable bonds is 5. The quantitative estimate of drug-likeness (QED) is 0.627. The number of amides is 2. The highest BCUT2D eigenvalue weighted by atomic mass is 35.5. The van der Waals surface area contributed by atoms with E-state index in [1.807, 2.05) is 37.3 Å². The number of nitrogens with zero attached hydrogens (tertiary/aromatic N) is 1. The molecule has 1 heterocycles. The number of carbonyl (C=O) groups is 2. The second-order valence-corrected chi connectivity index (χ2v) is 7.86. The van der Waals surface area contributed by atoms with Crippen LogP contribution in [0.4, 0.5) is 5.69 Å². The van der Waals surface area contributed by atoms with Crippen LogP contribution in [-0.2, 0) is 4.79 Å². The molecule has 1 saturated heterocycles. The van der Waals surface area contributed by atoms with Crippen LogP contribution in [0.1, 0.15) is 33.8 Å². The molecule has 1 unspecified atom stereocenters. The van der Waals surface area contributed by atoms with E-state index in [0.717, 1.165) is 11.1 Å². The Labute approximate surface area is 180 Å². The lowest BCUT2D eigenvalue weighted by molar-refractivity contribution is -0.117. The highest BCUT2D eigenvalue weighted by Gasteiger charge is 2.33.